The molecule has 2 rings (SSSR count). The van der Waals surface area contributed by atoms with E-state index in [0.717, 1.165) is 11.3 Å². The highest BCUT2D eigenvalue weighted by molar-refractivity contribution is 5.96. The summed E-state index contributed by atoms with van der Waals surface area (Å²) >= 11 is 0. The number of hydrogen-bond acceptors (Lipinski definition) is 3. The molecule has 0 N–H and O–H groups in total. The van der Waals surface area contributed by atoms with Crippen molar-refractivity contribution in [2.75, 3.05) is 19.9 Å². The molecule has 1 aliphatic heterocycles. The molecule has 1 amide bonds. The van der Waals surface area contributed by atoms with E-state index in [2.05, 4.69) is 0 Å². The van der Waals surface area contributed by atoms with Crippen molar-refractivity contribution in [3.8, 4) is 11.5 Å². The van der Waals surface area contributed by atoms with E-state index in [-0.39, 0.29) is 12.7 Å². The lowest BCUT2D eigenvalue weighted by Crippen LogP contribution is -2.30. The van der Waals surface area contributed by atoms with E-state index in [0.29, 0.717) is 24.4 Å². The second kappa shape index (κ2) is 4.65. The molecule has 1 heterocycles. The van der Waals surface area contributed by atoms with E-state index in [1.807, 2.05) is 26.8 Å². The molecule has 0 aliphatic carbocycles. The molecular weight excluding hydrogens is 218 g/mol. The fourth-order valence-corrected chi connectivity index (χ4v) is 1.96. The Morgan fingerprint density at radius 2 is 1.82 bits per heavy atom. The van der Waals surface area contributed by atoms with Crippen LogP contribution in [0.1, 0.15) is 29.8 Å². The summed E-state index contributed by atoms with van der Waals surface area (Å²) in [6.07, 6.45) is 0. The summed E-state index contributed by atoms with van der Waals surface area (Å²) in [5, 5.41) is 0. The van der Waals surface area contributed by atoms with Crippen molar-refractivity contribution in [3.63, 3.8) is 0 Å². The van der Waals surface area contributed by atoms with E-state index >= 15 is 0 Å². The SMILES string of the molecule is CCN(CC)C(=O)c1cc2c(cc1C)OCO2. The van der Waals surface area contributed by atoms with Gasteiger partial charge >= 0.3 is 0 Å². The predicted molar refractivity (Wildman–Crippen MR) is 64.6 cm³/mol. The van der Waals surface area contributed by atoms with Crippen molar-refractivity contribution in [1.82, 2.24) is 4.90 Å². The second-order valence-electron chi connectivity index (χ2n) is 4.00. The third kappa shape index (κ3) is 2.07. The van der Waals surface area contributed by atoms with Crippen LogP contribution in [0.4, 0.5) is 0 Å². The van der Waals surface area contributed by atoms with Gasteiger partial charge in [-0.25, -0.2) is 0 Å². The Kier molecular flexibility index (Phi) is 3.22. The van der Waals surface area contributed by atoms with E-state index in [1.165, 1.54) is 0 Å². The van der Waals surface area contributed by atoms with Gasteiger partial charge in [0, 0.05) is 18.7 Å². The summed E-state index contributed by atoms with van der Waals surface area (Å²) in [6.45, 7) is 7.52. The first-order valence-corrected chi connectivity index (χ1v) is 5.86. The van der Waals surface area contributed by atoms with E-state index in [1.54, 1.807) is 11.0 Å². The van der Waals surface area contributed by atoms with E-state index in [9.17, 15) is 4.79 Å². The minimum absolute atomic E-state index is 0.0470. The number of ether oxygens (including phenoxy) is 2. The van der Waals surface area contributed by atoms with Crippen molar-refractivity contribution >= 4 is 5.91 Å². The highest BCUT2D eigenvalue weighted by Gasteiger charge is 2.21. The van der Waals surface area contributed by atoms with Crippen molar-refractivity contribution in [1.29, 1.82) is 0 Å². The monoisotopic (exact) mass is 235 g/mol. The standard InChI is InChI=1S/C13H17NO3/c1-4-14(5-2)13(15)10-7-12-11(6-9(10)3)16-8-17-12/h6-7H,4-5,8H2,1-3H3. The molecule has 4 heteroatoms. The third-order valence-corrected chi connectivity index (χ3v) is 3.00. The van der Waals surface area contributed by atoms with Gasteiger partial charge < -0.3 is 14.4 Å². The van der Waals surface area contributed by atoms with Gasteiger partial charge in [-0.3, -0.25) is 4.79 Å². The first-order valence-electron chi connectivity index (χ1n) is 5.86. The lowest BCUT2D eigenvalue weighted by atomic mass is 10.1. The fraction of sp³-hybridized carbons (Fsp3) is 0.462. The maximum atomic E-state index is 12.3. The lowest BCUT2D eigenvalue weighted by molar-refractivity contribution is 0.0772. The van der Waals surface area contributed by atoms with Crippen LogP contribution in [0.15, 0.2) is 12.1 Å². The maximum Gasteiger partial charge on any atom is 0.254 e. The number of fused-ring (bicyclic) bond motifs is 1. The number of rotatable bonds is 3. The summed E-state index contributed by atoms with van der Waals surface area (Å²) < 4.78 is 10.6. The van der Waals surface area contributed by atoms with Crippen LogP contribution in [0.3, 0.4) is 0 Å². The molecule has 1 aromatic rings. The maximum absolute atomic E-state index is 12.3. The Morgan fingerprint density at radius 3 is 2.41 bits per heavy atom. The van der Waals surface area contributed by atoms with E-state index in [4.69, 9.17) is 9.47 Å². The largest absolute Gasteiger partial charge is 0.454 e. The van der Waals surface area contributed by atoms with Crippen LogP contribution in [0.25, 0.3) is 0 Å². The number of hydrogen-bond donors (Lipinski definition) is 0. The first kappa shape index (κ1) is 11.8. The van der Waals surface area contributed by atoms with Gasteiger partial charge in [0.1, 0.15) is 0 Å². The summed E-state index contributed by atoms with van der Waals surface area (Å²) in [7, 11) is 0. The van der Waals surface area contributed by atoms with Gasteiger partial charge in [-0.15, -0.1) is 0 Å². The number of amides is 1. The molecule has 0 spiro atoms. The molecule has 1 aliphatic rings. The number of aryl methyl sites for hydroxylation is 1. The van der Waals surface area contributed by atoms with Gasteiger partial charge in [-0.05, 0) is 38.5 Å². The molecule has 0 bridgehead atoms. The molecule has 4 nitrogen and oxygen atoms in total. The molecule has 0 aromatic heterocycles. The molecular formula is C13H17NO3. The molecule has 92 valence electrons. The summed E-state index contributed by atoms with van der Waals surface area (Å²) in [5.74, 6) is 1.43. The quantitative estimate of drug-likeness (QED) is 0.806. The van der Waals surface area contributed by atoms with Crippen LogP contribution in [-0.2, 0) is 0 Å². The number of benzene rings is 1. The lowest BCUT2D eigenvalue weighted by Gasteiger charge is -2.19. The molecule has 0 atom stereocenters. The van der Waals surface area contributed by atoms with Crippen LogP contribution in [0.5, 0.6) is 11.5 Å². The van der Waals surface area contributed by atoms with Crippen LogP contribution in [0.2, 0.25) is 0 Å². The van der Waals surface area contributed by atoms with Crippen molar-refractivity contribution in [2.45, 2.75) is 20.8 Å². The molecule has 0 saturated carbocycles. The molecule has 0 saturated heterocycles. The van der Waals surface area contributed by atoms with Gasteiger partial charge in [0.05, 0.1) is 0 Å². The zero-order valence-corrected chi connectivity index (χ0v) is 10.4. The van der Waals surface area contributed by atoms with Crippen LogP contribution >= 0.6 is 0 Å². The van der Waals surface area contributed by atoms with Gasteiger partial charge in [0.15, 0.2) is 11.5 Å². The Balaban J connectivity index is 2.35. The summed E-state index contributed by atoms with van der Waals surface area (Å²) in [5.41, 5.74) is 1.61. The fourth-order valence-electron chi connectivity index (χ4n) is 1.96. The number of carbonyl (C=O) groups excluding carboxylic acids is 1. The molecule has 0 fully saturated rings. The first-order chi connectivity index (χ1) is 8.17. The average Bonchev–Trinajstić information content (AvgIpc) is 2.76. The van der Waals surface area contributed by atoms with E-state index < -0.39 is 0 Å². The third-order valence-electron chi connectivity index (χ3n) is 3.00. The molecule has 1 aromatic carbocycles. The number of nitrogens with zero attached hydrogens (tertiary/aromatic N) is 1. The highest BCUT2D eigenvalue weighted by Crippen LogP contribution is 2.34. The van der Waals surface area contributed by atoms with Crippen LogP contribution in [-0.4, -0.2) is 30.7 Å². The smallest absolute Gasteiger partial charge is 0.254 e. The minimum Gasteiger partial charge on any atom is -0.454 e. The summed E-state index contributed by atoms with van der Waals surface area (Å²) in [6, 6.07) is 3.64. The van der Waals surface area contributed by atoms with Gasteiger partial charge in [0.2, 0.25) is 6.79 Å². The van der Waals surface area contributed by atoms with Gasteiger partial charge in [0.25, 0.3) is 5.91 Å². The van der Waals surface area contributed by atoms with Gasteiger partial charge in [-0.1, -0.05) is 0 Å². The zero-order valence-electron chi connectivity index (χ0n) is 10.4. The topological polar surface area (TPSA) is 38.8 Å². The van der Waals surface area contributed by atoms with Crippen LogP contribution < -0.4 is 9.47 Å². The average molecular weight is 235 g/mol. The Labute approximate surface area is 101 Å². The van der Waals surface area contributed by atoms with Crippen molar-refractivity contribution in [2.24, 2.45) is 0 Å². The van der Waals surface area contributed by atoms with Gasteiger partial charge in [-0.2, -0.15) is 0 Å². The van der Waals surface area contributed by atoms with Crippen LogP contribution in [0, 0.1) is 6.92 Å². The Morgan fingerprint density at radius 1 is 1.24 bits per heavy atom. The highest BCUT2D eigenvalue weighted by atomic mass is 16.7. The van der Waals surface area contributed by atoms with Crippen molar-refractivity contribution < 1.29 is 14.3 Å². The van der Waals surface area contributed by atoms with Crippen molar-refractivity contribution in [3.05, 3.63) is 23.3 Å². The molecule has 17 heavy (non-hydrogen) atoms. The zero-order chi connectivity index (χ0) is 12.4. The predicted octanol–water partition coefficient (Wildman–Crippen LogP) is 2.21. The normalized spacial score (nSPS) is 12.6. The molecule has 0 unspecified atom stereocenters. The Hall–Kier alpha value is -1.71. The Bertz CT molecular complexity index is 439. The molecule has 0 radical (unpaired) electrons. The second-order valence-corrected chi connectivity index (χ2v) is 4.00. The number of carbonyl (C=O) groups is 1. The summed E-state index contributed by atoms with van der Waals surface area (Å²) in [4.78, 5) is 14.1. The minimum atomic E-state index is 0.0470.